The fourth-order valence-corrected chi connectivity index (χ4v) is 3.27. The molecule has 1 heterocycles. The standard InChI is InChI=1S/C13H19N3O3S/c1-9(2)10-3-5-12(6-4-10)20(18,19)15-11-7-16(8-11)13(14)17/h3-6,9,11,15H,7-8H2,1-2H3,(H2,14,17). The Morgan fingerprint density at radius 2 is 1.85 bits per heavy atom. The first-order chi connectivity index (χ1) is 9.29. The maximum Gasteiger partial charge on any atom is 0.314 e. The van der Waals surface area contributed by atoms with E-state index in [1.54, 1.807) is 12.1 Å². The summed E-state index contributed by atoms with van der Waals surface area (Å²) < 4.78 is 26.9. The summed E-state index contributed by atoms with van der Waals surface area (Å²) in [5, 5.41) is 0. The van der Waals surface area contributed by atoms with E-state index in [9.17, 15) is 13.2 Å². The minimum atomic E-state index is -3.54. The number of nitrogens with one attached hydrogen (secondary N) is 1. The van der Waals surface area contributed by atoms with Gasteiger partial charge in [-0.05, 0) is 23.6 Å². The van der Waals surface area contributed by atoms with Gasteiger partial charge in [0.25, 0.3) is 0 Å². The molecule has 7 heteroatoms. The van der Waals surface area contributed by atoms with E-state index in [1.165, 1.54) is 4.90 Å². The molecule has 1 saturated heterocycles. The van der Waals surface area contributed by atoms with E-state index >= 15 is 0 Å². The number of likely N-dealkylation sites (tertiary alicyclic amines) is 1. The lowest BCUT2D eigenvalue weighted by atomic mass is 10.0. The molecule has 1 aliphatic heterocycles. The van der Waals surface area contributed by atoms with Gasteiger partial charge in [0.15, 0.2) is 0 Å². The molecule has 110 valence electrons. The van der Waals surface area contributed by atoms with Crippen LogP contribution in [0.15, 0.2) is 29.2 Å². The van der Waals surface area contributed by atoms with E-state index < -0.39 is 16.1 Å². The molecule has 0 aromatic heterocycles. The number of nitrogens with two attached hydrogens (primary N) is 1. The molecule has 6 nitrogen and oxygen atoms in total. The van der Waals surface area contributed by atoms with Gasteiger partial charge < -0.3 is 10.6 Å². The number of hydrogen-bond acceptors (Lipinski definition) is 3. The molecule has 20 heavy (non-hydrogen) atoms. The lowest BCUT2D eigenvalue weighted by Crippen LogP contribution is -2.62. The quantitative estimate of drug-likeness (QED) is 0.863. The summed E-state index contributed by atoms with van der Waals surface area (Å²) in [6.45, 7) is 4.74. The maximum atomic E-state index is 12.1. The molecule has 0 aliphatic carbocycles. The van der Waals surface area contributed by atoms with E-state index in [1.807, 2.05) is 12.1 Å². The number of rotatable bonds is 4. The largest absolute Gasteiger partial charge is 0.351 e. The van der Waals surface area contributed by atoms with Crippen LogP contribution in [-0.4, -0.2) is 38.5 Å². The smallest absolute Gasteiger partial charge is 0.314 e. The Morgan fingerprint density at radius 3 is 2.30 bits per heavy atom. The monoisotopic (exact) mass is 297 g/mol. The number of carbonyl (C=O) groups is 1. The van der Waals surface area contributed by atoms with Crippen LogP contribution >= 0.6 is 0 Å². The SMILES string of the molecule is CC(C)c1ccc(S(=O)(=O)NC2CN(C(N)=O)C2)cc1. The summed E-state index contributed by atoms with van der Waals surface area (Å²) >= 11 is 0. The number of nitrogens with zero attached hydrogens (tertiary/aromatic N) is 1. The van der Waals surface area contributed by atoms with E-state index in [0.717, 1.165) is 5.56 Å². The number of carbonyl (C=O) groups excluding carboxylic acids is 1. The van der Waals surface area contributed by atoms with Crippen molar-refractivity contribution in [2.24, 2.45) is 5.73 Å². The van der Waals surface area contributed by atoms with Crippen molar-refractivity contribution in [2.45, 2.75) is 30.7 Å². The zero-order valence-electron chi connectivity index (χ0n) is 11.5. The van der Waals surface area contributed by atoms with Crippen LogP contribution in [0, 0.1) is 0 Å². The second-order valence-electron chi connectivity index (χ2n) is 5.29. The number of hydrogen-bond donors (Lipinski definition) is 2. The van der Waals surface area contributed by atoms with Gasteiger partial charge in [-0.25, -0.2) is 17.9 Å². The molecule has 0 atom stereocenters. The predicted molar refractivity (Wildman–Crippen MR) is 75.8 cm³/mol. The molecule has 2 rings (SSSR count). The van der Waals surface area contributed by atoms with Gasteiger partial charge in [0.2, 0.25) is 10.0 Å². The van der Waals surface area contributed by atoms with E-state index in [-0.39, 0.29) is 10.9 Å². The number of sulfonamides is 1. The Morgan fingerprint density at radius 1 is 1.30 bits per heavy atom. The van der Waals surface area contributed by atoms with Crippen LogP contribution in [-0.2, 0) is 10.0 Å². The zero-order valence-corrected chi connectivity index (χ0v) is 12.4. The number of benzene rings is 1. The predicted octanol–water partition coefficient (Wildman–Crippen LogP) is 0.851. The molecule has 0 saturated carbocycles. The average Bonchev–Trinajstić information content (AvgIpc) is 2.33. The van der Waals surface area contributed by atoms with Crippen LogP contribution in [0.1, 0.15) is 25.3 Å². The van der Waals surface area contributed by atoms with E-state index in [4.69, 9.17) is 5.73 Å². The Labute approximate surface area is 119 Å². The van der Waals surface area contributed by atoms with Gasteiger partial charge in [-0.1, -0.05) is 26.0 Å². The Kier molecular flexibility index (Phi) is 4.01. The molecular formula is C13H19N3O3S. The Bertz CT molecular complexity index is 590. The molecule has 0 unspecified atom stereocenters. The molecule has 0 radical (unpaired) electrons. The van der Waals surface area contributed by atoms with Crippen LogP contribution < -0.4 is 10.5 Å². The summed E-state index contributed by atoms with van der Waals surface area (Å²) in [6, 6.07) is 6.04. The molecule has 0 bridgehead atoms. The Balaban J connectivity index is 2.02. The fraction of sp³-hybridized carbons (Fsp3) is 0.462. The summed E-state index contributed by atoms with van der Waals surface area (Å²) in [5.74, 6) is 0.357. The average molecular weight is 297 g/mol. The first-order valence-electron chi connectivity index (χ1n) is 6.46. The zero-order chi connectivity index (χ0) is 14.9. The molecule has 2 amide bonds. The summed E-state index contributed by atoms with van der Waals surface area (Å²) in [5.41, 5.74) is 6.18. The second-order valence-corrected chi connectivity index (χ2v) is 7.00. The molecule has 1 aromatic rings. The molecule has 1 fully saturated rings. The maximum absolute atomic E-state index is 12.1. The topological polar surface area (TPSA) is 92.5 Å². The molecule has 3 N–H and O–H groups in total. The van der Waals surface area contributed by atoms with Gasteiger partial charge in [0.1, 0.15) is 0 Å². The van der Waals surface area contributed by atoms with Crippen molar-refractivity contribution in [1.82, 2.24) is 9.62 Å². The first kappa shape index (κ1) is 14.8. The van der Waals surface area contributed by atoms with Crippen LogP contribution in [0.5, 0.6) is 0 Å². The van der Waals surface area contributed by atoms with E-state index in [0.29, 0.717) is 19.0 Å². The normalized spacial score (nSPS) is 16.2. The van der Waals surface area contributed by atoms with Crippen molar-refractivity contribution in [1.29, 1.82) is 0 Å². The Hall–Kier alpha value is -1.60. The molecular weight excluding hydrogens is 278 g/mol. The van der Waals surface area contributed by atoms with Crippen LogP contribution in [0.3, 0.4) is 0 Å². The molecule has 0 spiro atoms. The lowest BCUT2D eigenvalue weighted by Gasteiger charge is -2.37. The summed E-state index contributed by atoms with van der Waals surface area (Å²) in [6.07, 6.45) is 0. The van der Waals surface area contributed by atoms with Crippen LogP contribution in [0.4, 0.5) is 4.79 Å². The highest BCUT2D eigenvalue weighted by molar-refractivity contribution is 7.89. The van der Waals surface area contributed by atoms with Crippen molar-refractivity contribution in [3.8, 4) is 0 Å². The van der Waals surface area contributed by atoms with Gasteiger partial charge in [-0.2, -0.15) is 0 Å². The second kappa shape index (κ2) is 5.41. The third-order valence-corrected chi connectivity index (χ3v) is 4.91. The van der Waals surface area contributed by atoms with Crippen molar-refractivity contribution in [3.63, 3.8) is 0 Å². The first-order valence-corrected chi connectivity index (χ1v) is 7.94. The summed E-state index contributed by atoms with van der Waals surface area (Å²) in [4.78, 5) is 12.5. The third kappa shape index (κ3) is 3.10. The van der Waals surface area contributed by atoms with Crippen LogP contribution in [0.2, 0.25) is 0 Å². The van der Waals surface area contributed by atoms with Crippen molar-refractivity contribution in [2.75, 3.05) is 13.1 Å². The minimum absolute atomic E-state index is 0.236. The van der Waals surface area contributed by atoms with Gasteiger partial charge in [-0.15, -0.1) is 0 Å². The van der Waals surface area contributed by atoms with Crippen molar-refractivity contribution < 1.29 is 13.2 Å². The van der Waals surface area contributed by atoms with Crippen molar-refractivity contribution >= 4 is 16.1 Å². The van der Waals surface area contributed by atoms with Gasteiger partial charge >= 0.3 is 6.03 Å². The van der Waals surface area contributed by atoms with E-state index in [2.05, 4.69) is 18.6 Å². The highest BCUT2D eigenvalue weighted by Crippen LogP contribution is 2.18. The number of primary amides is 1. The molecule has 1 aliphatic rings. The minimum Gasteiger partial charge on any atom is -0.351 e. The fourth-order valence-electron chi connectivity index (χ4n) is 2.05. The number of urea groups is 1. The highest BCUT2D eigenvalue weighted by Gasteiger charge is 2.32. The van der Waals surface area contributed by atoms with Gasteiger partial charge in [0, 0.05) is 13.1 Å². The van der Waals surface area contributed by atoms with Gasteiger partial charge in [-0.3, -0.25) is 0 Å². The highest BCUT2D eigenvalue weighted by atomic mass is 32.2. The van der Waals surface area contributed by atoms with Crippen LogP contribution in [0.25, 0.3) is 0 Å². The lowest BCUT2D eigenvalue weighted by molar-refractivity contribution is 0.155. The van der Waals surface area contributed by atoms with Gasteiger partial charge in [0.05, 0.1) is 10.9 Å². The number of amides is 2. The third-order valence-electron chi connectivity index (χ3n) is 3.37. The summed E-state index contributed by atoms with van der Waals surface area (Å²) in [7, 11) is -3.54. The molecule has 1 aromatic carbocycles. The van der Waals surface area contributed by atoms with Crippen molar-refractivity contribution in [3.05, 3.63) is 29.8 Å².